The van der Waals surface area contributed by atoms with E-state index in [1.807, 2.05) is 12.1 Å². The second-order valence-corrected chi connectivity index (χ2v) is 6.53. The van der Waals surface area contributed by atoms with Gasteiger partial charge in [-0.2, -0.15) is 0 Å². The minimum atomic E-state index is 0.274. The summed E-state index contributed by atoms with van der Waals surface area (Å²) >= 11 is 6.53. The van der Waals surface area contributed by atoms with Crippen LogP contribution in [0.1, 0.15) is 35.1 Å². The maximum atomic E-state index is 6.53. The molecule has 4 heteroatoms. The predicted molar refractivity (Wildman–Crippen MR) is 86.9 cm³/mol. The van der Waals surface area contributed by atoms with E-state index < -0.39 is 0 Å². The molecule has 1 aliphatic carbocycles. The summed E-state index contributed by atoms with van der Waals surface area (Å²) in [5.41, 5.74) is 3.89. The molecule has 0 amide bonds. The van der Waals surface area contributed by atoms with E-state index in [1.54, 1.807) is 0 Å². The summed E-state index contributed by atoms with van der Waals surface area (Å²) < 4.78 is 10.9. The summed E-state index contributed by atoms with van der Waals surface area (Å²) in [6.45, 7) is 0.274. The van der Waals surface area contributed by atoms with Crippen LogP contribution in [0.15, 0.2) is 36.4 Å². The van der Waals surface area contributed by atoms with Gasteiger partial charge in [0.25, 0.3) is 0 Å². The highest BCUT2D eigenvalue weighted by Crippen LogP contribution is 2.49. The molecular weight excluding hydrogens is 298 g/mol. The third-order valence-electron chi connectivity index (χ3n) is 4.68. The zero-order valence-corrected chi connectivity index (χ0v) is 13.4. The molecule has 2 aliphatic rings. The van der Waals surface area contributed by atoms with E-state index in [0.29, 0.717) is 12.0 Å². The minimum Gasteiger partial charge on any atom is -0.454 e. The summed E-state index contributed by atoms with van der Waals surface area (Å²) in [6, 6.07) is 13.0. The van der Waals surface area contributed by atoms with Crippen LogP contribution in [0.3, 0.4) is 0 Å². The van der Waals surface area contributed by atoms with E-state index in [-0.39, 0.29) is 6.79 Å². The van der Waals surface area contributed by atoms with Crippen LogP contribution >= 0.6 is 11.6 Å². The topological polar surface area (TPSA) is 21.7 Å². The third-order valence-corrected chi connectivity index (χ3v) is 5.01. The van der Waals surface area contributed by atoms with Gasteiger partial charge in [0.15, 0.2) is 11.5 Å². The Balaban J connectivity index is 1.81. The van der Waals surface area contributed by atoms with Crippen molar-refractivity contribution >= 4 is 11.6 Å². The lowest BCUT2D eigenvalue weighted by molar-refractivity contribution is 0.174. The molecule has 22 heavy (non-hydrogen) atoms. The van der Waals surface area contributed by atoms with Crippen LogP contribution in [0, 0.1) is 0 Å². The Kier molecular flexibility index (Phi) is 3.28. The molecule has 114 valence electrons. The fourth-order valence-corrected chi connectivity index (χ4v) is 3.88. The molecule has 1 aliphatic heterocycles. The fourth-order valence-electron chi connectivity index (χ4n) is 3.59. The van der Waals surface area contributed by atoms with Gasteiger partial charge in [-0.1, -0.05) is 35.9 Å². The molecule has 0 saturated heterocycles. The van der Waals surface area contributed by atoms with Crippen molar-refractivity contribution in [2.45, 2.75) is 18.4 Å². The van der Waals surface area contributed by atoms with Gasteiger partial charge >= 0.3 is 0 Å². The van der Waals surface area contributed by atoms with Crippen molar-refractivity contribution in [3.63, 3.8) is 0 Å². The lowest BCUT2D eigenvalue weighted by Gasteiger charge is -2.20. The Morgan fingerprint density at radius 1 is 1.00 bits per heavy atom. The molecule has 0 radical (unpaired) electrons. The Bertz CT molecular complexity index is 729. The molecule has 0 fully saturated rings. The van der Waals surface area contributed by atoms with Gasteiger partial charge in [0, 0.05) is 23.0 Å². The van der Waals surface area contributed by atoms with Gasteiger partial charge in [-0.05, 0) is 43.3 Å². The van der Waals surface area contributed by atoms with E-state index in [1.165, 1.54) is 11.1 Å². The van der Waals surface area contributed by atoms with Crippen molar-refractivity contribution in [3.05, 3.63) is 58.1 Å². The number of nitrogens with zero attached hydrogens (tertiary/aromatic N) is 1. The maximum absolute atomic E-state index is 6.53. The van der Waals surface area contributed by atoms with E-state index >= 15 is 0 Å². The van der Waals surface area contributed by atoms with E-state index in [2.05, 4.69) is 43.3 Å². The summed E-state index contributed by atoms with van der Waals surface area (Å²) in [5, 5.41) is 0.753. The molecule has 0 aromatic heterocycles. The van der Waals surface area contributed by atoms with Crippen molar-refractivity contribution in [3.8, 4) is 11.5 Å². The third kappa shape index (κ3) is 2.08. The molecule has 3 nitrogen and oxygen atoms in total. The monoisotopic (exact) mass is 315 g/mol. The lowest BCUT2D eigenvalue weighted by atomic mass is 9.92. The first-order chi connectivity index (χ1) is 10.6. The Morgan fingerprint density at radius 2 is 1.68 bits per heavy atom. The first-order valence-corrected chi connectivity index (χ1v) is 7.87. The zero-order chi connectivity index (χ0) is 15.3. The molecule has 0 unspecified atom stereocenters. The van der Waals surface area contributed by atoms with E-state index in [0.717, 1.165) is 28.5 Å². The smallest absolute Gasteiger partial charge is 0.231 e. The normalized spacial score (nSPS) is 22.2. The maximum Gasteiger partial charge on any atom is 0.231 e. The zero-order valence-electron chi connectivity index (χ0n) is 12.7. The number of ether oxygens (including phenoxy) is 2. The highest BCUT2D eigenvalue weighted by atomic mass is 35.5. The van der Waals surface area contributed by atoms with Crippen molar-refractivity contribution in [2.75, 3.05) is 20.9 Å². The van der Waals surface area contributed by atoms with Gasteiger partial charge in [-0.3, -0.25) is 0 Å². The van der Waals surface area contributed by atoms with Crippen LogP contribution in [0.4, 0.5) is 0 Å². The van der Waals surface area contributed by atoms with Gasteiger partial charge in [0.1, 0.15) is 0 Å². The number of hydrogen-bond donors (Lipinski definition) is 0. The number of halogens is 1. The molecule has 0 bridgehead atoms. The van der Waals surface area contributed by atoms with Crippen molar-refractivity contribution in [1.82, 2.24) is 4.90 Å². The standard InChI is InChI=1S/C18H18ClNO2/c1-20(2)16-7-13(11-5-3-4-6-12(11)16)14-8-17-18(9-15(14)19)22-10-21-17/h3-6,8-9,13,16H,7,10H2,1-2H3/t13-,16-/m0/s1. The number of benzene rings is 2. The van der Waals surface area contributed by atoms with Crippen molar-refractivity contribution < 1.29 is 9.47 Å². The Hall–Kier alpha value is -1.71. The molecule has 4 rings (SSSR count). The van der Waals surface area contributed by atoms with E-state index in [9.17, 15) is 0 Å². The Labute approximate surface area is 135 Å². The lowest BCUT2D eigenvalue weighted by Crippen LogP contribution is -2.17. The SMILES string of the molecule is CN(C)[C@H]1C[C@H](c2cc3c(cc2Cl)OCO3)c2ccccc21. The van der Waals surface area contributed by atoms with Crippen LogP contribution in [-0.2, 0) is 0 Å². The fraction of sp³-hybridized carbons (Fsp3) is 0.333. The van der Waals surface area contributed by atoms with Crippen LogP contribution in [0.2, 0.25) is 5.02 Å². The molecule has 0 spiro atoms. The van der Waals surface area contributed by atoms with Crippen LogP contribution in [0.25, 0.3) is 0 Å². The van der Waals surface area contributed by atoms with Gasteiger partial charge in [0.05, 0.1) is 0 Å². The molecule has 2 aromatic rings. The summed E-state index contributed by atoms with van der Waals surface area (Å²) in [7, 11) is 4.26. The average molecular weight is 316 g/mol. The van der Waals surface area contributed by atoms with Gasteiger partial charge in [-0.15, -0.1) is 0 Å². The number of fused-ring (bicyclic) bond motifs is 2. The Morgan fingerprint density at radius 3 is 2.41 bits per heavy atom. The van der Waals surface area contributed by atoms with Crippen molar-refractivity contribution in [1.29, 1.82) is 0 Å². The molecule has 1 heterocycles. The minimum absolute atomic E-state index is 0.274. The molecule has 0 saturated carbocycles. The van der Waals surface area contributed by atoms with E-state index in [4.69, 9.17) is 21.1 Å². The van der Waals surface area contributed by atoms with Crippen LogP contribution in [-0.4, -0.2) is 25.8 Å². The first kappa shape index (κ1) is 13.9. The summed E-state index contributed by atoms with van der Waals surface area (Å²) in [4.78, 5) is 2.28. The van der Waals surface area contributed by atoms with Crippen LogP contribution in [0.5, 0.6) is 11.5 Å². The predicted octanol–water partition coefficient (Wildman–Crippen LogP) is 4.21. The summed E-state index contributed by atoms with van der Waals surface area (Å²) in [6.07, 6.45) is 1.03. The molecule has 2 atom stereocenters. The second-order valence-electron chi connectivity index (χ2n) is 6.12. The highest BCUT2D eigenvalue weighted by Gasteiger charge is 2.34. The summed E-state index contributed by atoms with van der Waals surface area (Å²) in [5.74, 6) is 1.83. The quantitative estimate of drug-likeness (QED) is 0.828. The molecule has 2 aromatic carbocycles. The number of rotatable bonds is 2. The van der Waals surface area contributed by atoms with Crippen molar-refractivity contribution in [2.24, 2.45) is 0 Å². The second kappa shape index (κ2) is 5.18. The first-order valence-electron chi connectivity index (χ1n) is 7.49. The van der Waals surface area contributed by atoms with Gasteiger partial charge < -0.3 is 14.4 Å². The van der Waals surface area contributed by atoms with Gasteiger partial charge in [-0.25, -0.2) is 0 Å². The largest absolute Gasteiger partial charge is 0.454 e. The molecular formula is C18H18ClNO2. The average Bonchev–Trinajstić information content (AvgIpc) is 3.10. The highest BCUT2D eigenvalue weighted by molar-refractivity contribution is 6.31. The number of hydrogen-bond acceptors (Lipinski definition) is 3. The van der Waals surface area contributed by atoms with Crippen LogP contribution < -0.4 is 9.47 Å². The molecule has 0 N–H and O–H groups in total. The van der Waals surface area contributed by atoms with Gasteiger partial charge in [0.2, 0.25) is 6.79 Å².